The lowest BCUT2D eigenvalue weighted by molar-refractivity contribution is 0.0503. The summed E-state index contributed by atoms with van der Waals surface area (Å²) in [4.78, 5) is 46.1. The second-order valence-corrected chi connectivity index (χ2v) is 11.8. The van der Waals surface area contributed by atoms with Crippen molar-refractivity contribution >= 4 is 79.8 Å². The Kier molecular flexibility index (Phi) is 8.86. The Hall–Kier alpha value is -6.24. The van der Waals surface area contributed by atoms with Gasteiger partial charge in [0.05, 0.1) is 11.1 Å². The molecule has 2 unspecified atom stereocenters. The Morgan fingerprint density at radius 3 is 1.72 bits per heavy atom. The summed E-state index contributed by atoms with van der Waals surface area (Å²) in [5.41, 5.74) is 15.3. The third-order valence-electron chi connectivity index (χ3n) is 7.70. The average Bonchev–Trinajstić information content (AvgIpc) is 3.75. The number of carbonyl (C=O) groups excluding carboxylic acids is 2. The number of rotatable bonds is 9. The van der Waals surface area contributed by atoms with Gasteiger partial charge in [0.2, 0.25) is 11.8 Å². The minimum Gasteiger partial charge on any atom is -0.440 e. The third kappa shape index (κ3) is 6.57. The van der Waals surface area contributed by atoms with E-state index in [1.807, 2.05) is 18.2 Å². The van der Waals surface area contributed by atoms with Gasteiger partial charge in [0.25, 0.3) is 0 Å². The number of fused-ring (bicyclic) bond motifs is 3. The van der Waals surface area contributed by atoms with E-state index < -0.39 is 23.8 Å². The summed E-state index contributed by atoms with van der Waals surface area (Å²) in [7, 11) is 0. The molecule has 7 rings (SSSR count). The van der Waals surface area contributed by atoms with E-state index in [1.54, 1.807) is 72.8 Å². The minimum absolute atomic E-state index is 0.0000787. The molecule has 12 nitrogen and oxygen atoms in total. The van der Waals surface area contributed by atoms with Crippen molar-refractivity contribution in [3.8, 4) is 0 Å². The summed E-state index contributed by atoms with van der Waals surface area (Å²) in [6, 6.07) is 30.7. The monoisotopic (exact) mass is 706 g/mol. The smallest absolute Gasteiger partial charge is 0.366 e. The SMILES string of the molecule is NC(=NOC(=O)c1cc(Cl)cc(Cl)c1)C(c1nc2ccccc2o1)C(C(N)=NOC(=O)c1cccc2ccccc12)c1nc2ccccc2o1. The van der Waals surface area contributed by atoms with Gasteiger partial charge in [0.15, 0.2) is 22.8 Å². The van der Waals surface area contributed by atoms with Crippen LogP contribution in [-0.2, 0) is 9.68 Å². The number of hydrogen-bond donors (Lipinski definition) is 2. The first-order valence-corrected chi connectivity index (χ1v) is 15.7. The van der Waals surface area contributed by atoms with Crippen molar-refractivity contribution in [1.82, 2.24) is 9.97 Å². The highest BCUT2D eigenvalue weighted by Gasteiger charge is 2.40. The van der Waals surface area contributed by atoms with E-state index >= 15 is 0 Å². The summed E-state index contributed by atoms with van der Waals surface area (Å²) < 4.78 is 12.2. The molecular weight excluding hydrogens is 683 g/mol. The van der Waals surface area contributed by atoms with E-state index in [9.17, 15) is 9.59 Å². The van der Waals surface area contributed by atoms with Gasteiger partial charge >= 0.3 is 11.9 Å². The van der Waals surface area contributed by atoms with Gasteiger partial charge in [-0.25, -0.2) is 19.6 Å². The lowest BCUT2D eigenvalue weighted by Gasteiger charge is -2.20. The van der Waals surface area contributed by atoms with Gasteiger partial charge < -0.3 is 30.0 Å². The van der Waals surface area contributed by atoms with Gasteiger partial charge in [-0.15, -0.1) is 0 Å². The largest absolute Gasteiger partial charge is 0.440 e. The van der Waals surface area contributed by atoms with Gasteiger partial charge in [-0.05, 0) is 59.3 Å². The maximum absolute atomic E-state index is 13.3. The van der Waals surface area contributed by atoms with Crippen molar-refractivity contribution < 1.29 is 28.1 Å². The number of nitrogens with zero attached hydrogens (tertiary/aromatic N) is 4. The van der Waals surface area contributed by atoms with Crippen molar-refractivity contribution in [2.75, 3.05) is 0 Å². The molecule has 0 aliphatic heterocycles. The predicted octanol–water partition coefficient (Wildman–Crippen LogP) is 7.55. The predicted molar refractivity (Wildman–Crippen MR) is 188 cm³/mol. The molecule has 14 heteroatoms. The molecule has 2 heterocycles. The maximum Gasteiger partial charge on any atom is 0.366 e. The van der Waals surface area contributed by atoms with Gasteiger partial charge in [-0.3, -0.25) is 0 Å². The molecule has 4 N–H and O–H groups in total. The third-order valence-corrected chi connectivity index (χ3v) is 8.14. The van der Waals surface area contributed by atoms with Gasteiger partial charge in [-0.2, -0.15) is 0 Å². The molecule has 0 saturated heterocycles. The number of hydrogen-bond acceptors (Lipinski definition) is 10. The molecule has 0 amide bonds. The number of halogens is 2. The van der Waals surface area contributed by atoms with Crippen LogP contribution in [0.5, 0.6) is 0 Å². The second kappa shape index (κ2) is 13.7. The quantitative estimate of drug-likeness (QED) is 0.0658. The number of para-hydroxylation sites is 4. The number of carbonyl (C=O) groups is 2. The molecule has 0 saturated carbocycles. The Morgan fingerprint density at radius 2 is 1.14 bits per heavy atom. The van der Waals surface area contributed by atoms with Crippen molar-refractivity contribution in [3.63, 3.8) is 0 Å². The minimum atomic E-state index is -1.26. The van der Waals surface area contributed by atoms with Gasteiger partial charge in [0, 0.05) is 10.0 Å². The molecule has 5 aromatic carbocycles. The van der Waals surface area contributed by atoms with E-state index in [4.69, 9.17) is 53.2 Å². The fraction of sp³-hybridized carbons (Fsp3) is 0.0556. The number of amidine groups is 2. The Balaban J connectivity index is 1.32. The molecular formula is C36H24Cl2N6O6. The summed E-state index contributed by atoms with van der Waals surface area (Å²) in [6.07, 6.45) is 0. The molecule has 248 valence electrons. The number of oxime groups is 2. The van der Waals surface area contributed by atoms with Crippen LogP contribution in [0.2, 0.25) is 10.0 Å². The highest BCUT2D eigenvalue weighted by Crippen LogP contribution is 2.36. The van der Waals surface area contributed by atoms with Crippen LogP contribution in [0.3, 0.4) is 0 Å². The van der Waals surface area contributed by atoms with E-state index in [-0.39, 0.29) is 44.6 Å². The van der Waals surface area contributed by atoms with Gasteiger partial charge in [0.1, 0.15) is 22.9 Å². The second-order valence-electron chi connectivity index (χ2n) is 11.0. The Labute approximate surface area is 292 Å². The topological polar surface area (TPSA) is 181 Å². The summed E-state index contributed by atoms with van der Waals surface area (Å²) >= 11 is 12.1. The molecule has 0 spiro atoms. The Morgan fingerprint density at radius 1 is 0.640 bits per heavy atom. The van der Waals surface area contributed by atoms with Crippen LogP contribution in [0.1, 0.15) is 44.3 Å². The number of benzene rings is 5. The van der Waals surface area contributed by atoms with Crippen molar-refractivity contribution in [1.29, 1.82) is 0 Å². The normalized spacial score (nSPS) is 13.4. The number of aromatic nitrogens is 2. The van der Waals surface area contributed by atoms with E-state index in [1.165, 1.54) is 18.2 Å². The maximum atomic E-state index is 13.3. The zero-order chi connectivity index (χ0) is 34.8. The molecule has 2 atom stereocenters. The molecule has 2 aromatic heterocycles. The average molecular weight is 708 g/mol. The molecule has 0 aliphatic rings. The lowest BCUT2D eigenvalue weighted by atomic mass is 9.89. The van der Waals surface area contributed by atoms with E-state index in [0.717, 1.165) is 5.39 Å². The molecule has 0 aliphatic carbocycles. The fourth-order valence-corrected chi connectivity index (χ4v) is 5.93. The number of oxazole rings is 2. The van der Waals surface area contributed by atoms with E-state index in [2.05, 4.69) is 20.3 Å². The van der Waals surface area contributed by atoms with Crippen LogP contribution in [0, 0.1) is 0 Å². The first-order valence-electron chi connectivity index (χ1n) is 15.0. The molecule has 50 heavy (non-hydrogen) atoms. The fourth-order valence-electron chi connectivity index (χ4n) is 5.40. The first kappa shape index (κ1) is 32.3. The molecule has 7 aromatic rings. The molecule has 0 bridgehead atoms. The Bertz CT molecular complexity index is 2380. The summed E-state index contributed by atoms with van der Waals surface area (Å²) in [5, 5.41) is 9.88. The van der Waals surface area contributed by atoms with Gasteiger partial charge in [-0.1, -0.05) is 94.2 Å². The summed E-state index contributed by atoms with van der Waals surface area (Å²) in [5.74, 6) is -4.81. The molecule has 0 fully saturated rings. The van der Waals surface area contributed by atoms with Crippen LogP contribution in [-0.4, -0.2) is 33.6 Å². The van der Waals surface area contributed by atoms with Crippen LogP contribution in [0.15, 0.2) is 128 Å². The highest BCUT2D eigenvalue weighted by molar-refractivity contribution is 6.35. The van der Waals surface area contributed by atoms with Crippen LogP contribution < -0.4 is 11.5 Å². The van der Waals surface area contributed by atoms with Crippen LogP contribution in [0.4, 0.5) is 0 Å². The van der Waals surface area contributed by atoms with Crippen LogP contribution >= 0.6 is 23.2 Å². The van der Waals surface area contributed by atoms with Crippen molar-refractivity contribution in [3.05, 3.63) is 142 Å². The number of nitrogens with two attached hydrogens (primary N) is 2. The summed E-state index contributed by atoms with van der Waals surface area (Å²) in [6.45, 7) is 0. The lowest BCUT2D eigenvalue weighted by Crippen LogP contribution is -2.36. The zero-order valence-electron chi connectivity index (χ0n) is 25.7. The van der Waals surface area contributed by atoms with Crippen molar-refractivity contribution in [2.24, 2.45) is 21.8 Å². The van der Waals surface area contributed by atoms with Crippen molar-refractivity contribution in [2.45, 2.75) is 11.8 Å². The standard InChI is InChI=1S/C36H24Cl2N6O6/c37-21-16-20(17-22(38)18-21)35(45)49-43-31(39)29(33-41-25-12-3-5-14-27(25)47-33)30(34-42-26-13-4-6-15-28(26)48-34)32(40)44-50-36(46)24-11-7-9-19-8-1-2-10-23(19)24/h1-18,29-30H,(H2,39,43)(H2,40,44). The zero-order valence-corrected chi connectivity index (χ0v) is 27.2. The first-order chi connectivity index (χ1) is 24.2. The highest BCUT2D eigenvalue weighted by atomic mass is 35.5. The van der Waals surface area contributed by atoms with E-state index in [0.29, 0.717) is 27.6 Å². The van der Waals surface area contributed by atoms with Crippen LogP contribution in [0.25, 0.3) is 33.0 Å². The molecule has 0 radical (unpaired) electrons.